The molecule has 1 amide bonds. The second-order valence-corrected chi connectivity index (χ2v) is 6.96. The quantitative estimate of drug-likeness (QED) is 0.895. The summed E-state index contributed by atoms with van der Waals surface area (Å²) in [6, 6.07) is 12.2. The van der Waals surface area contributed by atoms with Gasteiger partial charge in [0.05, 0.1) is 19.1 Å². The number of nitrogens with one attached hydrogen (secondary N) is 1. The van der Waals surface area contributed by atoms with Crippen molar-refractivity contribution in [3.63, 3.8) is 0 Å². The van der Waals surface area contributed by atoms with Crippen molar-refractivity contribution in [2.45, 2.75) is 12.5 Å². The van der Waals surface area contributed by atoms with Crippen molar-refractivity contribution in [1.29, 1.82) is 0 Å². The van der Waals surface area contributed by atoms with Crippen LogP contribution in [-0.4, -0.2) is 48.1 Å². The predicted octanol–water partition coefficient (Wildman–Crippen LogP) is 2.35. The number of rotatable bonds is 5. The lowest BCUT2D eigenvalue weighted by molar-refractivity contribution is -0.130. The summed E-state index contributed by atoms with van der Waals surface area (Å²) in [7, 11) is 0. The van der Waals surface area contributed by atoms with E-state index in [0.717, 1.165) is 12.4 Å². The molecule has 6 heteroatoms. The zero-order chi connectivity index (χ0) is 17.9. The van der Waals surface area contributed by atoms with Gasteiger partial charge in [0, 0.05) is 37.7 Å². The van der Waals surface area contributed by atoms with E-state index in [0.29, 0.717) is 37.1 Å². The minimum atomic E-state index is -0.325. The van der Waals surface area contributed by atoms with Crippen LogP contribution >= 0.6 is 0 Å². The topological polar surface area (TPSA) is 54.5 Å². The van der Waals surface area contributed by atoms with Gasteiger partial charge in [0.2, 0.25) is 5.91 Å². The Morgan fingerprint density at radius 1 is 1.23 bits per heavy atom. The van der Waals surface area contributed by atoms with Gasteiger partial charge in [0.1, 0.15) is 11.6 Å². The highest BCUT2D eigenvalue weighted by molar-refractivity contribution is 5.79. The molecule has 0 saturated carbocycles. The van der Waals surface area contributed by atoms with Gasteiger partial charge in [-0.3, -0.25) is 4.79 Å². The molecule has 2 saturated heterocycles. The molecule has 1 N–H and O–H groups in total. The number of ether oxygens (including phenoxy) is 1. The molecular weight excluding hydrogens is 333 g/mol. The Hall–Kier alpha value is -2.47. The van der Waals surface area contributed by atoms with Gasteiger partial charge in [-0.2, -0.15) is 0 Å². The first-order valence-electron chi connectivity index (χ1n) is 8.98. The number of hydrogen-bond donors (Lipinski definition) is 1. The maximum atomic E-state index is 13.8. The van der Waals surface area contributed by atoms with Crippen LogP contribution in [-0.2, 0) is 16.0 Å². The monoisotopic (exact) mass is 355 g/mol. The van der Waals surface area contributed by atoms with Crippen molar-refractivity contribution >= 4 is 11.7 Å². The molecule has 0 bridgehead atoms. The predicted molar refractivity (Wildman–Crippen MR) is 96.1 cm³/mol. The van der Waals surface area contributed by atoms with E-state index in [1.54, 1.807) is 24.4 Å². The van der Waals surface area contributed by atoms with Crippen LogP contribution in [0.4, 0.5) is 10.2 Å². The number of amides is 1. The van der Waals surface area contributed by atoms with E-state index in [-0.39, 0.29) is 24.2 Å². The standard InChI is InChI=1S/C20H22FN3O2/c21-17-6-2-1-5-14(17)9-20(25)24-11-16-15(13-26-18(16)12-24)10-23-19-7-3-4-8-22-19/h1-8,15-16,18H,9-13H2,(H,22,23)/t15-,16+,18+/m1/s1. The van der Waals surface area contributed by atoms with Crippen LogP contribution in [0.3, 0.4) is 0 Å². The molecule has 0 radical (unpaired) electrons. The summed E-state index contributed by atoms with van der Waals surface area (Å²) in [5, 5.41) is 3.35. The van der Waals surface area contributed by atoms with E-state index in [9.17, 15) is 9.18 Å². The minimum absolute atomic E-state index is 0.0375. The zero-order valence-electron chi connectivity index (χ0n) is 14.5. The molecule has 0 aliphatic carbocycles. The van der Waals surface area contributed by atoms with Gasteiger partial charge in [-0.25, -0.2) is 9.37 Å². The highest BCUT2D eigenvalue weighted by Crippen LogP contribution is 2.34. The largest absolute Gasteiger partial charge is 0.376 e. The maximum absolute atomic E-state index is 13.8. The van der Waals surface area contributed by atoms with Crippen LogP contribution in [0.2, 0.25) is 0 Å². The Balaban J connectivity index is 1.34. The highest BCUT2D eigenvalue weighted by atomic mass is 19.1. The van der Waals surface area contributed by atoms with Crippen molar-refractivity contribution in [1.82, 2.24) is 9.88 Å². The molecule has 0 spiro atoms. The molecule has 2 aliphatic rings. The third-order valence-electron chi connectivity index (χ3n) is 5.30. The van der Waals surface area contributed by atoms with Crippen molar-refractivity contribution in [3.05, 3.63) is 60.0 Å². The molecule has 2 aromatic rings. The summed E-state index contributed by atoms with van der Waals surface area (Å²) in [5.74, 6) is 1.14. The number of hydrogen-bond acceptors (Lipinski definition) is 4. The van der Waals surface area contributed by atoms with Crippen molar-refractivity contribution in [2.24, 2.45) is 11.8 Å². The van der Waals surface area contributed by atoms with Crippen LogP contribution in [0.25, 0.3) is 0 Å². The van der Waals surface area contributed by atoms with Gasteiger partial charge in [-0.05, 0) is 23.8 Å². The Bertz CT molecular complexity index is 771. The molecule has 1 aromatic heterocycles. The molecule has 2 aliphatic heterocycles. The van der Waals surface area contributed by atoms with Gasteiger partial charge >= 0.3 is 0 Å². The van der Waals surface area contributed by atoms with E-state index in [1.807, 2.05) is 23.1 Å². The lowest BCUT2D eigenvalue weighted by atomic mass is 9.93. The van der Waals surface area contributed by atoms with Crippen LogP contribution < -0.4 is 5.32 Å². The highest BCUT2D eigenvalue weighted by Gasteiger charge is 2.44. The minimum Gasteiger partial charge on any atom is -0.376 e. The zero-order valence-corrected chi connectivity index (χ0v) is 14.5. The lowest BCUT2D eigenvalue weighted by Gasteiger charge is -2.20. The third kappa shape index (κ3) is 3.55. The van der Waals surface area contributed by atoms with E-state index in [2.05, 4.69) is 10.3 Å². The van der Waals surface area contributed by atoms with E-state index >= 15 is 0 Å². The Kier molecular flexibility index (Phi) is 4.84. The second-order valence-electron chi connectivity index (χ2n) is 6.96. The van der Waals surface area contributed by atoms with Gasteiger partial charge in [0.15, 0.2) is 0 Å². The number of nitrogens with zero attached hydrogens (tertiary/aromatic N) is 2. The fraction of sp³-hybridized carbons (Fsp3) is 0.400. The van der Waals surface area contributed by atoms with Gasteiger partial charge < -0.3 is 15.0 Å². The molecule has 3 heterocycles. The number of aromatic nitrogens is 1. The molecule has 3 atom stereocenters. The van der Waals surface area contributed by atoms with Crippen molar-refractivity contribution in [3.8, 4) is 0 Å². The third-order valence-corrected chi connectivity index (χ3v) is 5.30. The number of carbonyl (C=O) groups excluding carboxylic acids is 1. The van der Waals surface area contributed by atoms with E-state index in [1.165, 1.54) is 6.07 Å². The van der Waals surface area contributed by atoms with Crippen LogP contribution in [0.5, 0.6) is 0 Å². The first-order chi connectivity index (χ1) is 12.7. The molecule has 2 fully saturated rings. The molecule has 1 aromatic carbocycles. The summed E-state index contributed by atoms with van der Waals surface area (Å²) >= 11 is 0. The smallest absolute Gasteiger partial charge is 0.227 e. The average Bonchev–Trinajstić information content (AvgIpc) is 3.24. The molecule has 26 heavy (non-hydrogen) atoms. The molecular formula is C20H22FN3O2. The Labute approximate surface area is 152 Å². The fourth-order valence-corrected chi connectivity index (χ4v) is 3.83. The van der Waals surface area contributed by atoms with Crippen LogP contribution in [0.1, 0.15) is 5.56 Å². The number of anilines is 1. The first-order valence-corrected chi connectivity index (χ1v) is 8.98. The number of pyridine rings is 1. The summed E-state index contributed by atoms with van der Waals surface area (Å²) < 4.78 is 19.7. The number of carbonyl (C=O) groups is 1. The summed E-state index contributed by atoms with van der Waals surface area (Å²) in [6.45, 7) is 2.74. The molecule has 4 rings (SSSR count). The first kappa shape index (κ1) is 17.0. The number of halogens is 1. The van der Waals surface area contributed by atoms with Gasteiger partial charge in [-0.1, -0.05) is 24.3 Å². The SMILES string of the molecule is O=C(Cc1ccccc1F)N1C[C@H]2[C@H](CNc3ccccn3)CO[C@H]2C1. The van der Waals surface area contributed by atoms with Crippen LogP contribution in [0, 0.1) is 17.7 Å². The fourth-order valence-electron chi connectivity index (χ4n) is 3.83. The summed E-state index contributed by atoms with van der Waals surface area (Å²) in [5.41, 5.74) is 0.448. The van der Waals surface area contributed by atoms with E-state index < -0.39 is 0 Å². The second kappa shape index (κ2) is 7.41. The Morgan fingerprint density at radius 2 is 2.08 bits per heavy atom. The summed E-state index contributed by atoms with van der Waals surface area (Å²) in [6.07, 6.45) is 1.94. The molecule has 136 valence electrons. The van der Waals surface area contributed by atoms with Crippen LogP contribution in [0.15, 0.2) is 48.7 Å². The normalized spacial score (nSPS) is 24.5. The number of likely N-dealkylation sites (tertiary alicyclic amines) is 1. The van der Waals surface area contributed by atoms with Gasteiger partial charge in [-0.15, -0.1) is 0 Å². The maximum Gasteiger partial charge on any atom is 0.227 e. The molecule has 0 unspecified atom stereocenters. The van der Waals surface area contributed by atoms with Crippen molar-refractivity contribution < 1.29 is 13.9 Å². The average molecular weight is 355 g/mol. The molecule has 5 nitrogen and oxygen atoms in total. The van der Waals surface area contributed by atoms with Crippen molar-refractivity contribution in [2.75, 3.05) is 31.6 Å². The van der Waals surface area contributed by atoms with E-state index in [4.69, 9.17) is 4.74 Å². The van der Waals surface area contributed by atoms with Gasteiger partial charge in [0.25, 0.3) is 0 Å². The lowest BCUT2D eigenvalue weighted by Crippen LogP contribution is -2.33. The number of benzene rings is 1. The number of fused-ring (bicyclic) bond motifs is 1. The summed E-state index contributed by atoms with van der Waals surface area (Å²) in [4.78, 5) is 18.6. The Morgan fingerprint density at radius 3 is 2.88 bits per heavy atom.